The summed E-state index contributed by atoms with van der Waals surface area (Å²) in [7, 11) is 1.66. The van der Waals surface area contributed by atoms with E-state index in [1.165, 1.54) is 18.4 Å². The summed E-state index contributed by atoms with van der Waals surface area (Å²) in [4.78, 5) is 0. The van der Waals surface area contributed by atoms with Crippen LogP contribution in [0.2, 0.25) is 0 Å². The van der Waals surface area contributed by atoms with Gasteiger partial charge in [-0.1, -0.05) is 11.3 Å². The summed E-state index contributed by atoms with van der Waals surface area (Å²) in [5.74, 6) is 0.846. The number of hydrogen-bond donors (Lipinski definition) is 0. The van der Waals surface area contributed by atoms with Gasteiger partial charge in [0.05, 0.1) is 19.0 Å². The van der Waals surface area contributed by atoms with Crippen LogP contribution in [0.15, 0.2) is 36.5 Å². The van der Waals surface area contributed by atoms with Crippen molar-refractivity contribution >= 4 is 5.57 Å². The Kier molecular flexibility index (Phi) is 3.31. The molecule has 0 atom stereocenters. The third-order valence-electron chi connectivity index (χ3n) is 3.45. The Morgan fingerprint density at radius 3 is 2.68 bits per heavy atom. The number of allylic oxidation sites excluding steroid dienone is 2. The van der Waals surface area contributed by atoms with Crippen LogP contribution in [-0.4, -0.2) is 22.1 Å². The minimum Gasteiger partial charge on any atom is -0.497 e. The molecule has 0 N–H and O–H groups in total. The van der Waals surface area contributed by atoms with E-state index in [0.29, 0.717) is 0 Å². The third-order valence-corrected chi connectivity index (χ3v) is 3.45. The van der Waals surface area contributed by atoms with Crippen molar-refractivity contribution in [1.29, 1.82) is 0 Å². The fourth-order valence-electron chi connectivity index (χ4n) is 2.34. The van der Waals surface area contributed by atoms with Gasteiger partial charge in [0.2, 0.25) is 0 Å². The van der Waals surface area contributed by atoms with E-state index in [-0.39, 0.29) is 0 Å². The van der Waals surface area contributed by atoms with E-state index < -0.39 is 0 Å². The number of rotatable bonds is 3. The Balaban J connectivity index is 1.85. The van der Waals surface area contributed by atoms with Crippen LogP contribution in [0.5, 0.6) is 5.75 Å². The molecule has 0 aliphatic heterocycles. The SMILES string of the molecule is COc1ccc(-n2cc(C3=CCCCC3)nn2)cc1. The van der Waals surface area contributed by atoms with E-state index in [2.05, 4.69) is 16.4 Å². The van der Waals surface area contributed by atoms with Gasteiger partial charge in [0.15, 0.2) is 0 Å². The van der Waals surface area contributed by atoms with Gasteiger partial charge >= 0.3 is 0 Å². The van der Waals surface area contributed by atoms with Crippen molar-refractivity contribution in [2.45, 2.75) is 25.7 Å². The first-order valence-corrected chi connectivity index (χ1v) is 6.63. The number of aromatic nitrogens is 3. The molecule has 0 saturated heterocycles. The van der Waals surface area contributed by atoms with Crippen LogP contribution in [-0.2, 0) is 0 Å². The second kappa shape index (κ2) is 5.26. The van der Waals surface area contributed by atoms with Crippen molar-refractivity contribution in [3.8, 4) is 11.4 Å². The number of hydrogen-bond acceptors (Lipinski definition) is 3. The summed E-state index contributed by atoms with van der Waals surface area (Å²) < 4.78 is 6.96. The Morgan fingerprint density at radius 1 is 1.16 bits per heavy atom. The molecule has 0 fully saturated rings. The lowest BCUT2D eigenvalue weighted by Crippen LogP contribution is -1.94. The lowest BCUT2D eigenvalue weighted by Gasteiger charge is -2.09. The van der Waals surface area contributed by atoms with Gasteiger partial charge in [0.25, 0.3) is 0 Å². The van der Waals surface area contributed by atoms with Crippen LogP contribution in [0.25, 0.3) is 11.3 Å². The maximum absolute atomic E-state index is 5.15. The molecule has 98 valence electrons. The van der Waals surface area contributed by atoms with Crippen molar-refractivity contribution in [1.82, 2.24) is 15.0 Å². The molecule has 4 nitrogen and oxygen atoms in total. The maximum atomic E-state index is 5.15. The molecule has 19 heavy (non-hydrogen) atoms. The molecule has 1 aromatic carbocycles. The van der Waals surface area contributed by atoms with Gasteiger partial charge in [-0.25, -0.2) is 4.68 Å². The lowest BCUT2D eigenvalue weighted by molar-refractivity contribution is 0.414. The van der Waals surface area contributed by atoms with Gasteiger partial charge in [-0.05, 0) is 55.5 Å². The smallest absolute Gasteiger partial charge is 0.119 e. The van der Waals surface area contributed by atoms with E-state index in [1.54, 1.807) is 7.11 Å². The molecule has 0 amide bonds. The van der Waals surface area contributed by atoms with Gasteiger partial charge in [0, 0.05) is 0 Å². The minimum atomic E-state index is 0.846. The highest BCUT2D eigenvalue weighted by atomic mass is 16.5. The zero-order valence-electron chi connectivity index (χ0n) is 11.0. The first-order valence-electron chi connectivity index (χ1n) is 6.63. The summed E-state index contributed by atoms with van der Waals surface area (Å²) in [6, 6.07) is 7.81. The topological polar surface area (TPSA) is 39.9 Å². The average molecular weight is 255 g/mol. The Hall–Kier alpha value is -2.10. The van der Waals surface area contributed by atoms with Gasteiger partial charge < -0.3 is 4.74 Å². The number of benzene rings is 1. The monoisotopic (exact) mass is 255 g/mol. The first-order chi connectivity index (χ1) is 9.36. The quantitative estimate of drug-likeness (QED) is 0.845. The molecule has 0 radical (unpaired) electrons. The van der Waals surface area contributed by atoms with Crippen molar-refractivity contribution in [3.63, 3.8) is 0 Å². The molecule has 3 rings (SSSR count). The highest BCUT2D eigenvalue weighted by Crippen LogP contribution is 2.25. The predicted octanol–water partition coefficient (Wildman–Crippen LogP) is 3.23. The summed E-state index contributed by atoms with van der Waals surface area (Å²) in [6.07, 6.45) is 9.09. The Morgan fingerprint density at radius 2 is 2.00 bits per heavy atom. The van der Waals surface area contributed by atoms with E-state index in [9.17, 15) is 0 Å². The van der Waals surface area contributed by atoms with Crippen molar-refractivity contribution < 1.29 is 4.74 Å². The molecule has 1 aliphatic carbocycles. The van der Waals surface area contributed by atoms with Crippen molar-refractivity contribution in [3.05, 3.63) is 42.2 Å². The molecular formula is C15H17N3O. The number of ether oxygens (including phenoxy) is 1. The second-order valence-corrected chi connectivity index (χ2v) is 4.72. The van der Waals surface area contributed by atoms with Gasteiger partial charge in [-0.3, -0.25) is 0 Å². The van der Waals surface area contributed by atoms with E-state index in [0.717, 1.165) is 30.0 Å². The van der Waals surface area contributed by atoms with Crippen LogP contribution >= 0.6 is 0 Å². The molecule has 1 heterocycles. The van der Waals surface area contributed by atoms with Crippen LogP contribution in [0.3, 0.4) is 0 Å². The van der Waals surface area contributed by atoms with Crippen LogP contribution < -0.4 is 4.74 Å². The number of methoxy groups -OCH3 is 1. The summed E-state index contributed by atoms with van der Waals surface area (Å²) in [5, 5.41) is 8.47. The van der Waals surface area contributed by atoms with Crippen molar-refractivity contribution in [2.24, 2.45) is 0 Å². The highest BCUT2D eigenvalue weighted by Gasteiger charge is 2.10. The highest BCUT2D eigenvalue weighted by molar-refractivity contribution is 5.62. The second-order valence-electron chi connectivity index (χ2n) is 4.72. The molecule has 2 aromatic rings. The van der Waals surface area contributed by atoms with Gasteiger partial charge in [-0.2, -0.15) is 0 Å². The van der Waals surface area contributed by atoms with Crippen LogP contribution in [0.4, 0.5) is 0 Å². The fraction of sp³-hybridized carbons (Fsp3) is 0.333. The zero-order chi connectivity index (χ0) is 13.1. The molecule has 0 bridgehead atoms. The fourth-order valence-corrected chi connectivity index (χ4v) is 2.34. The van der Waals surface area contributed by atoms with E-state index in [4.69, 9.17) is 4.74 Å². The van der Waals surface area contributed by atoms with E-state index in [1.807, 2.05) is 35.1 Å². The maximum Gasteiger partial charge on any atom is 0.119 e. The molecule has 4 heteroatoms. The number of nitrogens with zero attached hydrogens (tertiary/aromatic N) is 3. The summed E-state index contributed by atoms with van der Waals surface area (Å²) in [5.41, 5.74) is 3.32. The standard InChI is InChI=1S/C15H17N3O/c1-19-14-9-7-13(8-10-14)18-11-15(16-17-18)12-5-3-2-4-6-12/h5,7-11H,2-4,6H2,1H3. The molecular weight excluding hydrogens is 238 g/mol. The molecule has 1 aliphatic rings. The normalized spacial score (nSPS) is 15.1. The first kappa shape index (κ1) is 12.0. The van der Waals surface area contributed by atoms with Gasteiger partial charge in [0.1, 0.15) is 11.4 Å². The largest absolute Gasteiger partial charge is 0.497 e. The Bertz CT molecular complexity index is 584. The van der Waals surface area contributed by atoms with Crippen LogP contribution in [0.1, 0.15) is 31.4 Å². The molecule has 0 spiro atoms. The van der Waals surface area contributed by atoms with E-state index >= 15 is 0 Å². The Labute approximate surface area is 112 Å². The molecule has 1 aromatic heterocycles. The zero-order valence-corrected chi connectivity index (χ0v) is 11.0. The summed E-state index contributed by atoms with van der Waals surface area (Å²) >= 11 is 0. The van der Waals surface area contributed by atoms with Crippen molar-refractivity contribution in [2.75, 3.05) is 7.11 Å². The van der Waals surface area contributed by atoms with Gasteiger partial charge in [-0.15, -0.1) is 5.10 Å². The third kappa shape index (κ3) is 2.52. The molecule has 0 unspecified atom stereocenters. The lowest BCUT2D eigenvalue weighted by atomic mass is 9.98. The average Bonchev–Trinajstić information content (AvgIpc) is 2.98. The van der Waals surface area contributed by atoms with Crippen LogP contribution in [0, 0.1) is 0 Å². The minimum absolute atomic E-state index is 0.846. The summed E-state index contributed by atoms with van der Waals surface area (Å²) in [6.45, 7) is 0. The molecule has 0 saturated carbocycles. The predicted molar refractivity (Wildman–Crippen MR) is 74.4 cm³/mol.